The van der Waals surface area contributed by atoms with Gasteiger partial charge in [0.05, 0.1) is 17.7 Å². The summed E-state index contributed by atoms with van der Waals surface area (Å²) < 4.78 is 14.0. The first-order chi connectivity index (χ1) is 13.3. The average Bonchev–Trinajstić information content (AvgIpc) is 3.00. The molecule has 0 spiro atoms. The van der Waals surface area contributed by atoms with Crippen molar-refractivity contribution in [1.29, 1.82) is 0 Å². The highest BCUT2D eigenvalue weighted by molar-refractivity contribution is 6.05. The molecule has 3 N–H and O–H groups in total. The first kappa shape index (κ1) is 21.2. The smallest absolute Gasteiger partial charge is 0.360 e. The Hall–Kier alpha value is -3.07. The minimum Gasteiger partial charge on any atom is -0.478 e. The SMILES string of the molecule is CCCCCC[N+]1(CC(=O)O)C=NC(NC(=O)c2c(F)cccc2C(=O)O)=C1. The van der Waals surface area contributed by atoms with Crippen molar-refractivity contribution in [2.45, 2.75) is 32.6 Å². The quantitative estimate of drug-likeness (QED) is 0.418. The molecule has 8 nitrogen and oxygen atoms in total. The summed E-state index contributed by atoms with van der Waals surface area (Å²) in [7, 11) is 0. The van der Waals surface area contributed by atoms with Crippen molar-refractivity contribution in [3.63, 3.8) is 0 Å². The van der Waals surface area contributed by atoms with E-state index in [9.17, 15) is 23.9 Å². The Morgan fingerprint density at radius 3 is 2.57 bits per heavy atom. The number of carbonyl (C=O) groups is 3. The second kappa shape index (κ2) is 9.23. The third kappa shape index (κ3) is 5.23. The predicted molar refractivity (Wildman–Crippen MR) is 99.2 cm³/mol. The van der Waals surface area contributed by atoms with Crippen molar-refractivity contribution < 1.29 is 33.5 Å². The van der Waals surface area contributed by atoms with Crippen LogP contribution in [0.3, 0.4) is 0 Å². The summed E-state index contributed by atoms with van der Waals surface area (Å²) in [5.41, 5.74) is -1.07. The van der Waals surface area contributed by atoms with E-state index in [0.717, 1.165) is 37.8 Å². The lowest BCUT2D eigenvalue weighted by Crippen LogP contribution is -2.45. The Labute approximate surface area is 161 Å². The molecule has 1 heterocycles. The zero-order chi connectivity index (χ0) is 20.7. The van der Waals surface area contributed by atoms with E-state index in [4.69, 9.17) is 5.11 Å². The van der Waals surface area contributed by atoms with Gasteiger partial charge in [0.1, 0.15) is 12.0 Å². The summed E-state index contributed by atoms with van der Waals surface area (Å²) in [5, 5.41) is 20.7. The second-order valence-corrected chi connectivity index (χ2v) is 6.62. The number of carboxylic acid groups (broad SMARTS) is 2. The van der Waals surface area contributed by atoms with E-state index < -0.39 is 34.8 Å². The molecule has 1 aliphatic rings. The van der Waals surface area contributed by atoms with Gasteiger partial charge in [-0.25, -0.2) is 18.5 Å². The lowest BCUT2D eigenvalue weighted by molar-refractivity contribution is -0.771. The molecule has 0 bridgehead atoms. The van der Waals surface area contributed by atoms with Gasteiger partial charge in [-0.2, -0.15) is 4.99 Å². The van der Waals surface area contributed by atoms with Crippen molar-refractivity contribution in [3.05, 3.63) is 47.2 Å². The topological polar surface area (TPSA) is 116 Å². The lowest BCUT2D eigenvalue weighted by Gasteiger charge is -2.25. The summed E-state index contributed by atoms with van der Waals surface area (Å²) in [6.07, 6.45) is 6.70. The van der Waals surface area contributed by atoms with Crippen LogP contribution in [0.5, 0.6) is 0 Å². The van der Waals surface area contributed by atoms with E-state index in [1.807, 2.05) is 0 Å². The van der Waals surface area contributed by atoms with Gasteiger partial charge in [0.15, 0.2) is 18.7 Å². The van der Waals surface area contributed by atoms with Crippen LogP contribution in [0.4, 0.5) is 4.39 Å². The number of carboxylic acids is 2. The molecule has 1 aromatic carbocycles. The van der Waals surface area contributed by atoms with Crippen LogP contribution in [0.25, 0.3) is 0 Å². The number of quaternary nitrogens is 1. The Morgan fingerprint density at radius 1 is 1.18 bits per heavy atom. The normalized spacial score (nSPS) is 18.0. The largest absolute Gasteiger partial charge is 0.478 e. The number of amides is 1. The van der Waals surface area contributed by atoms with Gasteiger partial charge in [-0.3, -0.25) is 4.79 Å². The van der Waals surface area contributed by atoms with Gasteiger partial charge in [0, 0.05) is 0 Å². The van der Waals surface area contributed by atoms with E-state index in [2.05, 4.69) is 17.2 Å². The van der Waals surface area contributed by atoms with Crippen LogP contribution >= 0.6 is 0 Å². The highest BCUT2D eigenvalue weighted by Crippen LogP contribution is 2.19. The molecule has 0 radical (unpaired) electrons. The van der Waals surface area contributed by atoms with Gasteiger partial charge in [0.2, 0.25) is 0 Å². The van der Waals surface area contributed by atoms with Gasteiger partial charge in [0.25, 0.3) is 5.91 Å². The van der Waals surface area contributed by atoms with E-state index in [0.29, 0.717) is 6.54 Å². The average molecular weight is 392 g/mol. The fourth-order valence-electron chi connectivity index (χ4n) is 3.04. The summed E-state index contributed by atoms with van der Waals surface area (Å²) in [6.45, 7) is 2.32. The number of unbranched alkanes of at least 4 members (excludes halogenated alkanes) is 3. The molecule has 0 saturated heterocycles. The second-order valence-electron chi connectivity index (χ2n) is 6.62. The van der Waals surface area contributed by atoms with E-state index in [1.54, 1.807) is 0 Å². The van der Waals surface area contributed by atoms with Crippen LogP contribution in [-0.2, 0) is 4.79 Å². The number of nitrogens with one attached hydrogen (secondary N) is 1. The third-order valence-electron chi connectivity index (χ3n) is 4.38. The Morgan fingerprint density at radius 2 is 1.93 bits per heavy atom. The lowest BCUT2D eigenvalue weighted by atomic mass is 10.1. The zero-order valence-corrected chi connectivity index (χ0v) is 15.5. The van der Waals surface area contributed by atoms with Crippen LogP contribution in [0.15, 0.2) is 35.2 Å². The van der Waals surface area contributed by atoms with Crippen LogP contribution in [0, 0.1) is 5.82 Å². The van der Waals surface area contributed by atoms with Crippen molar-refractivity contribution in [2.75, 3.05) is 13.1 Å². The maximum atomic E-state index is 14.0. The van der Waals surface area contributed by atoms with E-state index >= 15 is 0 Å². The number of rotatable bonds is 10. The minimum absolute atomic E-state index is 0.0568. The standard InChI is InChI=1S/C19H22FN3O5/c1-2-3-4-5-9-23(11-16(24)25)10-15(21-12-23)22-18(26)17-13(19(27)28)7-6-8-14(17)20/h6-8,10,12H,2-5,9,11H2,1H3,(H2-,22,24,25,26,27,28)/p+1. The number of halogens is 1. The Kier molecular flexibility index (Phi) is 7.00. The van der Waals surface area contributed by atoms with Gasteiger partial charge in [-0.05, 0) is 25.0 Å². The number of hydrogen-bond donors (Lipinski definition) is 3. The highest BCUT2D eigenvalue weighted by atomic mass is 19.1. The number of nitrogens with zero attached hydrogens (tertiary/aromatic N) is 2. The summed E-state index contributed by atoms with van der Waals surface area (Å²) in [4.78, 5) is 39.0. The Balaban J connectivity index is 2.20. The number of carbonyl (C=O) groups excluding carboxylic acids is 1. The number of aromatic carboxylic acids is 1. The van der Waals surface area contributed by atoms with Gasteiger partial charge in [-0.1, -0.05) is 25.8 Å². The van der Waals surface area contributed by atoms with Crippen LogP contribution in [0.2, 0.25) is 0 Å². The van der Waals surface area contributed by atoms with Gasteiger partial charge < -0.3 is 15.5 Å². The number of hydrogen-bond acceptors (Lipinski definition) is 4. The van der Waals surface area contributed by atoms with Crippen molar-refractivity contribution in [2.24, 2.45) is 4.99 Å². The fraction of sp³-hybridized carbons (Fsp3) is 0.368. The molecule has 0 aliphatic carbocycles. The summed E-state index contributed by atoms with van der Waals surface area (Å²) in [5.74, 6) is -4.32. The first-order valence-electron chi connectivity index (χ1n) is 8.97. The molecule has 150 valence electrons. The molecule has 1 atom stereocenters. The zero-order valence-electron chi connectivity index (χ0n) is 15.5. The van der Waals surface area contributed by atoms with Gasteiger partial charge >= 0.3 is 11.9 Å². The molecule has 0 saturated carbocycles. The maximum Gasteiger partial charge on any atom is 0.360 e. The first-order valence-corrected chi connectivity index (χ1v) is 8.97. The Bertz CT molecular complexity index is 837. The van der Waals surface area contributed by atoms with E-state index in [1.165, 1.54) is 18.6 Å². The molecule has 1 unspecified atom stereocenters. The van der Waals surface area contributed by atoms with Crippen molar-refractivity contribution in [1.82, 2.24) is 5.32 Å². The summed E-state index contributed by atoms with van der Waals surface area (Å²) >= 11 is 0. The molecule has 0 aromatic heterocycles. The van der Waals surface area contributed by atoms with Crippen LogP contribution in [0.1, 0.15) is 53.3 Å². The molecule has 1 aliphatic heterocycles. The predicted octanol–water partition coefficient (Wildman–Crippen LogP) is 2.58. The van der Waals surface area contributed by atoms with Crippen LogP contribution < -0.4 is 5.32 Å². The van der Waals surface area contributed by atoms with Gasteiger partial charge in [-0.15, -0.1) is 0 Å². The number of aliphatic imine (C=N–C) groups is 1. The monoisotopic (exact) mass is 392 g/mol. The molecular formula is C19H23FN3O5+. The third-order valence-corrected chi connectivity index (χ3v) is 4.38. The fourth-order valence-corrected chi connectivity index (χ4v) is 3.04. The van der Waals surface area contributed by atoms with E-state index in [-0.39, 0.29) is 16.8 Å². The van der Waals surface area contributed by atoms with Crippen molar-refractivity contribution >= 4 is 24.2 Å². The minimum atomic E-state index is -1.43. The highest BCUT2D eigenvalue weighted by Gasteiger charge is 2.33. The number of benzene rings is 1. The molecule has 0 fully saturated rings. The number of aliphatic carboxylic acids is 1. The molecule has 1 aromatic rings. The molecule has 1 amide bonds. The maximum absolute atomic E-state index is 14.0. The molecule has 28 heavy (non-hydrogen) atoms. The summed E-state index contributed by atoms with van der Waals surface area (Å²) in [6, 6.07) is 3.32. The molecular weight excluding hydrogens is 369 g/mol. The van der Waals surface area contributed by atoms with Crippen molar-refractivity contribution in [3.8, 4) is 0 Å². The molecule has 9 heteroatoms. The van der Waals surface area contributed by atoms with Crippen LogP contribution in [-0.4, -0.2) is 52.0 Å². The molecule has 2 rings (SSSR count).